The summed E-state index contributed by atoms with van der Waals surface area (Å²) in [6, 6.07) is 2.15. The highest BCUT2D eigenvalue weighted by molar-refractivity contribution is 5.55. The van der Waals surface area contributed by atoms with Crippen molar-refractivity contribution in [3.8, 4) is 0 Å². The van der Waals surface area contributed by atoms with Crippen LogP contribution in [0.15, 0.2) is 18.5 Å². The number of nitrogens with one attached hydrogen (secondary N) is 1. The highest BCUT2D eigenvalue weighted by atomic mass is 16.3. The van der Waals surface area contributed by atoms with Crippen molar-refractivity contribution in [3.63, 3.8) is 0 Å². The van der Waals surface area contributed by atoms with Crippen LogP contribution in [0.25, 0.3) is 0 Å². The Bertz CT molecular complexity index is 604. The third kappa shape index (κ3) is 3.89. The van der Waals surface area contributed by atoms with E-state index in [1.54, 1.807) is 0 Å². The molecule has 0 amide bonds. The second-order valence-corrected chi connectivity index (χ2v) is 5.89. The molecule has 120 valence electrons. The second kappa shape index (κ2) is 7.45. The number of aliphatic hydroxyl groups is 1. The van der Waals surface area contributed by atoms with Gasteiger partial charge in [-0.25, -0.2) is 0 Å². The molecule has 0 bridgehead atoms. The highest BCUT2D eigenvalue weighted by Gasteiger charge is 2.09. The summed E-state index contributed by atoms with van der Waals surface area (Å²) in [4.78, 5) is 13.9. The molecule has 0 saturated carbocycles. The summed E-state index contributed by atoms with van der Waals surface area (Å²) < 4.78 is 2.23. The molecule has 0 fully saturated rings. The molecule has 0 aliphatic heterocycles. The SMILES string of the molecule is CCc1cn(Cc2cc(C)c(CCC(O)C=O)[nH]2)cc1CC. The Kier molecular flexibility index (Phi) is 5.61. The maximum Gasteiger partial charge on any atom is 0.148 e. The Hall–Kier alpha value is -1.81. The molecule has 0 saturated heterocycles. The molecule has 22 heavy (non-hydrogen) atoms. The Morgan fingerprint density at radius 2 is 1.91 bits per heavy atom. The first-order chi connectivity index (χ1) is 10.6. The zero-order chi connectivity index (χ0) is 16.1. The standard InChI is InChI=1S/C18H26N2O2/c1-4-14-9-20(10-15(14)5-2)11-16-8-13(3)18(19-16)7-6-17(22)12-21/h8-10,12,17,19,22H,4-7,11H2,1-3H3. The van der Waals surface area contributed by atoms with Gasteiger partial charge >= 0.3 is 0 Å². The Morgan fingerprint density at radius 1 is 1.27 bits per heavy atom. The lowest BCUT2D eigenvalue weighted by molar-refractivity contribution is -0.115. The van der Waals surface area contributed by atoms with Gasteiger partial charge in [-0.15, -0.1) is 0 Å². The lowest BCUT2D eigenvalue weighted by Gasteiger charge is -2.03. The van der Waals surface area contributed by atoms with Crippen LogP contribution in [0.3, 0.4) is 0 Å². The summed E-state index contributed by atoms with van der Waals surface area (Å²) in [6.45, 7) is 7.26. The fourth-order valence-electron chi connectivity index (χ4n) is 2.91. The number of aromatic nitrogens is 2. The van der Waals surface area contributed by atoms with Gasteiger partial charge in [0.15, 0.2) is 0 Å². The molecule has 0 aromatic carbocycles. The molecule has 2 heterocycles. The van der Waals surface area contributed by atoms with E-state index in [0.717, 1.165) is 30.8 Å². The van der Waals surface area contributed by atoms with Crippen molar-refractivity contribution < 1.29 is 9.90 Å². The van der Waals surface area contributed by atoms with Gasteiger partial charge in [-0.05, 0) is 55.4 Å². The maximum absolute atomic E-state index is 10.5. The molecule has 2 rings (SSSR count). The van der Waals surface area contributed by atoms with E-state index in [-0.39, 0.29) is 0 Å². The van der Waals surface area contributed by atoms with Gasteiger partial charge in [0.1, 0.15) is 12.4 Å². The number of carbonyl (C=O) groups excluding carboxylic acids is 1. The van der Waals surface area contributed by atoms with Gasteiger partial charge in [0.25, 0.3) is 0 Å². The highest BCUT2D eigenvalue weighted by Crippen LogP contribution is 2.17. The smallest absolute Gasteiger partial charge is 0.148 e. The predicted molar refractivity (Wildman–Crippen MR) is 88.2 cm³/mol. The van der Waals surface area contributed by atoms with Crippen molar-refractivity contribution >= 4 is 6.29 Å². The Labute approximate surface area is 132 Å². The zero-order valence-electron chi connectivity index (χ0n) is 13.7. The fraction of sp³-hybridized carbons (Fsp3) is 0.500. The number of rotatable bonds is 8. The fourth-order valence-corrected chi connectivity index (χ4v) is 2.91. The molecule has 2 aromatic rings. The molecule has 1 atom stereocenters. The van der Waals surface area contributed by atoms with Crippen LogP contribution < -0.4 is 0 Å². The van der Waals surface area contributed by atoms with Crippen LogP contribution in [-0.2, 0) is 30.6 Å². The van der Waals surface area contributed by atoms with Crippen molar-refractivity contribution in [2.75, 3.05) is 0 Å². The van der Waals surface area contributed by atoms with Crippen LogP contribution in [0, 0.1) is 6.92 Å². The van der Waals surface area contributed by atoms with Gasteiger partial charge in [0, 0.05) is 23.8 Å². The lowest BCUT2D eigenvalue weighted by Crippen LogP contribution is -2.09. The Morgan fingerprint density at radius 3 is 2.45 bits per heavy atom. The topological polar surface area (TPSA) is 58.0 Å². The molecule has 4 heteroatoms. The minimum atomic E-state index is -0.866. The minimum absolute atomic E-state index is 0.466. The molecular weight excluding hydrogens is 276 g/mol. The molecule has 0 radical (unpaired) electrons. The number of H-pyrrole nitrogens is 1. The number of aliphatic hydroxyl groups excluding tert-OH is 1. The summed E-state index contributed by atoms with van der Waals surface area (Å²) in [6.07, 6.45) is 7.47. The maximum atomic E-state index is 10.5. The summed E-state index contributed by atoms with van der Waals surface area (Å²) in [5.74, 6) is 0. The molecule has 0 aliphatic rings. The van der Waals surface area contributed by atoms with Crippen molar-refractivity contribution in [1.29, 1.82) is 0 Å². The van der Waals surface area contributed by atoms with E-state index in [4.69, 9.17) is 0 Å². The summed E-state index contributed by atoms with van der Waals surface area (Å²) in [7, 11) is 0. The van der Waals surface area contributed by atoms with Gasteiger partial charge in [0.05, 0.1) is 6.54 Å². The number of carbonyl (C=O) groups is 1. The predicted octanol–water partition coefficient (Wildman–Crippen LogP) is 2.79. The summed E-state index contributed by atoms with van der Waals surface area (Å²) >= 11 is 0. The van der Waals surface area contributed by atoms with Crippen LogP contribution in [-0.4, -0.2) is 27.0 Å². The van der Waals surface area contributed by atoms with Gasteiger partial charge in [-0.1, -0.05) is 13.8 Å². The number of aromatic amines is 1. The number of hydrogen-bond donors (Lipinski definition) is 2. The van der Waals surface area contributed by atoms with Gasteiger partial charge < -0.3 is 19.5 Å². The first kappa shape index (κ1) is 16.6. The number of aryl methyl sites for hydroxylation is 4. The molecule has 1 unspecified atom stereocenters. The van der Waals surface area contributed by atoms with Crippen molar-refractivity contribution in [3.05, 3.63) is 46.5 Å². The van der Waals surface area contributed by atoms with Crippen LogP contribution in [0.4, 0.5) is 0 Å². The van der Waals surface area contributed by atoms with Crippen molar-refractivity contribution in [1.82, 2.24) is 9.55 Å². The molecular formula is C18H26N2O2. The van der Waals surface area contributed by atoms with E-state index in [0.29, 0.717) is 19.1 Å². The third-order valence-electron chi connectivity index (χ3n) is 4.20. The van der Waals surface area contributed by atoms with Crippen LogP contribution in [0.5, 0.6) is 0 Å². The first-order valence-corrected chi connectivity index (χ1v) is 8.05. The van der Waals surface area contributed by atoms with E-state index < -0.39 is 6.10 Å². The van der Waals surface area contributed by atoms with E-state index in [9.17, 15) is 9.90 Å². The normalized spacial score (nSPS) is 12.5. The number of hydrogen-bond acceptors (Lipinski definition) is 2. The average molecular weight is 302 g/mol. The van der Waals surface area contributed by atoms with Gasteiger partial charge in [-0.3, -0.25) is 0 Å². The van der Waals surface area contributed by atoms with Gasteiger partial charge in [-0.2, -0.15) is 0 Å². The van der Waals surface area contributed by atoms with E-state index in [1.165, 1.54) is 16.7 Å². The molecule has 2 aromatic heterocycles. The quantitative estimate of drug-likeness (QED) is 0.737. The first-order valence-electron chi connectivity index (χ1n) is 8.05. The van der Waals surface area contributed by atoms with E-state index in [2.05, 4.69) is 48.8 Å². The molecule has 4 nitrogen and oxygen atoms in total. The summed E-state index contributed by atoms with van der Waals surface area (Å²) in [5, 5.41) is 9.35. The lowest BCUT2D eigenvalue weighted by atomic mass is 10.1. The molecule has 2 N–H and O–H groups in total. The Balaban J connectivity index is 2.07. The number of nitrogens with zero attached hydrogens (tertiary/aromatic N) is 1. The van der Waals surface area contributed by atoms with Crippen molar-refractivity contribution in [2.24, 2.45) is 0 Å². The minimum Gasteiger partial charge on any atom is -0.386 e. The van der Waals surface area contributed by atoms with Gasteiger partial charge in [0.2, 0.25) is 0 Å². The zero-order valence-corrected chi connectivity index (χ0v) is 13.7. The third-order valence-corrected chi connectivity index (χ3v) is 4.20. The van der Waals surface area contributed by atoms with Crippen molar-refractivity contribution in [2.45, 2.75) is 59.1 Å². The monoisotopic (exact) mass is 302 g/mol. The average Bonchev–Trinajstić information content (AvgIpc) is 3.07. The van der Waals surface area contributed by atoms with Crippen LogP contribution >= 0.6 is 0 Å². The van der Waals surface area contributed by atoms with E-state index >= 15 is 0 Å². The van der Waals surface area contributed by atoms with Crippen LogP contribution in [0.1, 0.15) is 48.3 Å². The molecule has 0 aliphatic carbocycles. The summed E-state index contributed by atoms with van der Waals surface area (Å²) in [5.41, 5.74) is 6.29. The molecule has 0 spiro atoms. The van der Waals surface area contributed by atoms with Crippen LogP contribution in [0.2, 0.25) is 0 Å². The largest absolute Gasteiger partial charge is 0.386 e. The number of aldehydes is 1. The van der Waals surface area contributed by atoms with E-state index in [1.807, 2.05) is 0 Å². The second-order valence-electron chi connectivity index (χ2n) is 5.89.